The number of benzene rings is 1. The molecule has 1 unspecified atom stereocenters. The van der Waals surface area contributed by atoms with Crippen molar-refractivity contribution in [1.29, 1.82) is 5.26 Å². The number of nitrogens with zero attached hydrogens (tertiary/aromatic N) is 1. The van der Waals surface area contributed by atoms with Gasteiger partial charge in [0, 0.05) is 4.47 Å². The van der Waals surface area contributed by atoms with Crippen molar-refractivity contribution in [1.82, 2.24) is 0 Å². The van der Waals surface area contributed by atoms with Crippen LogP contribution in [0.15, 0.2) is 16.6 Å². The summed E-state index contributed by atoms with van der Waals surface area (Å²) in [6.07, 6.45) is -1.02. The van der Waals surface area contributed by atoms with Crippen molar-refractivity contribution < 1.29 is 5.11 Å². The van der Waals surface area contributed by atoms with Crippen LogP contribution < -0.4 is 0 Å². The smallest absolute Gasteiger partial charge is 0.165 e. The van der Waals surface area contributed by atoms with E-state index in [0.29, 0.717) is 5.56 Å². The van der Waals surface area contributed by atoms with Gasteiger partial charge in [0.25, 0.3) is 0 Å². The number of nitriles is 1. The van der Waals surface area contributed by atoms with Crippen LogP contribution in [0.1, 0.15) is 22.8 Å². The number of hydrogen-bond acceptors (Lipinski definition) is 2. The number of rotatable bonds is 1. The molecule has 0 radical (unpaired) electrons. The maximum absolute atomic E-state index is 9.29. The molecule has 0 aliphatic rings. The first-order valence-electron chi connectivity index (χ1n) is 3.90. The first-order valence-corrected chi connectivity index (χ1v) is 4.70. The average molecular weight is 240 g/mol. The minimum absolute atomic E-state index is 0.653. The summed E-state index contributed by atoms with van der Waals surface area (Å²) in [7, 11) is 0. The van der Waals surface area contributed by atoms with Crippen molar-refractivity contribution in [3.8, 4) is 6.07 Å². The topological polar surface area (TPSA) is 44.0 Å². The van der Waals surface area contributed by atoms with Gasteiger partial charge >= 0.3 is 0 Å². The summed E-state index contributed by atoms with van der Waals surface area (Å²) >= 11 is 3.42. The molecule has 68 valence electrons. The van der Waals surface area contributed by atoms with Gasteiger partial charge in [0.1, 0.15) is 0 Å². The molecule has 0 amide bonds. The number of aliphatic hydroxyl groups is 1. The first-order chi connectivity index (χ1) is 6.06. The number of aliphatic hydroxyl groups excluding tert-OH is 1. The van der Waals surface area contributed by atoms with E-state index in [2.05, 4.69) is 15.9 Å². The molecule has 1 rings (SSSR count). The van der Waals surface area contributed by atoms with Gasteiger partial charge in [-0.05, 0) is 30.5 Å². The van der Waals surface area contributed by atoms with Crippen molar-refractivity contribution in [3.63, 3.8) is 0 Å². The van der Waals surface area contributed by atoms with Gasteiger partial charge in [-0.2, -0.15) is 5.26 Å². The zero-order valence-corrected chi connectivity index (χ0v) is 9.09. The van der Waals surface area contributed by atoms with Crippen molar-refractivity contribution in [3.05, 3.63) is 33.3 Å². The van der Waals surface area contributed by atoms with E-state index in [1.165, 1.54) is 0 Å². The molecular weight excluding hydrogens is 230 g/mol. The number of hydrogen-bond donors (Lipinski definition) is 1. The summed E-state index contributed by atoms with van der Waals surface area (Å²) in [4.78, 5) is 0. The maximum Gasteiger partial charge on any atom is 0.165 e. The second-order valence-electron chi connectivity index (χ2n) is 3.00. The Kier molecular flexibility index (Phi) is 3.07. The van der Waals surface area contributed by atoms with E-state index in [1.807, 2.05) is 26.0 Å². The van der Waals surface area contributed by atoms with E-state index in [1.54, 1.807) is 6.07 Å². The summed E-state index contributed by atoms with van der Waals surface area (Å²) in [5, 5.41) is 17.8. The van der Waals surface area contributed by atoms with E-state index < -0.39 is 6.10 Å². The van der Waals surface area contributed by atoms with Crippen LogP contribution in [0.4, 0.5) is 0 Å². The molecule has 1 aromatic rings. The lowest BCUT2D eigenvalue weighted by molar-refractivity contribution is 0.236. The zero-order valence-electron chi connectivity index (χ0n) is 7.50. The Balaban J connectivity index is 3.22. The molecule has 0 spiro atoms. The fourth-order valence-electron chi connectivity index (χ4n) is 1.21. The lowest BCUT2D eigenvalue weighted by Crippen LogP contribution is -1.95. The number of halogens is 1. The summed E-state index contributed by atoms with van der Waals surface area (Å²) in [6.45, 7) is 3.87. The summed E-state index contributed by atoms with van der Waals surface area (Å²) in [5.41, 5.74) is 2.72. The summed E-state index contributed by atoms with van der Waals surface area (Å²) < 4.78 is 1.03. The van der Waals surface area contributed by atoms with Gasteiger partial charge in [-0.15, -0.1) is 0 Å². The Bertz CT molecular complexity index is 345. The molecule has 1 aromatic carbocycles. The molecule has 1 atom stereocenters. The van der Waals surface area contributed by atoms with Gasteiger partial charge in [0.2, 0.25) is 0 Å². The van der Waals surface area contributed by atoms with Crippen LogP contribution >= 0.6 is 15.9 Å². The van der Waals surface area contributed by atoms with Crippen molar-refractivity contribution in [2.24, 2.45) is 0 Å². The van der Waals surface area contributed by atoms with Crippen LogP contribution in [-0.4, -0.2) is 5.11 Å². The molecule has 3 heteroatoms. The van der Waals surface area contributed by atoms with Crippen molar-refractivity contribution in [2.75, 3.05) is 0 Å². The van der Waals surface area contributed by atoms with Crippen molar-refractivity contribution >= 4 is 15.9 Å². The molecule has 0 bridgehead atoms. The molecular formula is C10H10BrNO. The second-order valence-corrected chi connectivity index (χ2v) is 3.79. The molecule has 0 aromatic heterocycles. The van der Waals surface area contributed by atoms with Crippen molar-refractivity contribution in [2.45, 2.75) is 20.0 Å². The van der Waals surface area contributed by atoms with Gasteiger partial charge < -0.3 is 5.11 Å². The van der Waals surface area contributed by atoms with Gasteiger partial charge in [-0.25, -0.2) is 0 Å². The lowest BCUT2D eigenvalue weighted by Gasteiger charge is -2.08. The fourth-order valence-corrected chi connectivity index (χ4v) is 1.44. The van der Waals surface area contributed by atoms with Gasteiger partial charge in [0.15, 0.2) is 6.10 Å². The lowest BCUT2D eigenvalue weighted by atomic mass is 10.0. The van der Waals surface area contributed by atoms with Crippen LogP contribution in [-0.2, 0) is 0 Å². The standard InChI is InChI=1S/C10H10BrNO/c1-6-3-8(9(13)5-12)4-7(2)10(6)11/h3-4,9,13H,1-2H3. The predicted octanol–water partition coefficient (Wildman–Crippen LogP) is 2.62. The normalized spacial score (nSPS) is 12.2. The van der Waals surface area contributed by atoms with E-state index in [-0.39, 0.29) is 0 Å². The molecule has 0 heterocycles. The van der Waals surface area contributed by atoms with E-state index in [4.69, 9.17) is 5.26 Å². The van der Waals surface area contributed by atoms with Gasteiger partial charge in [-0.3, -0.25) is 0 Å². The van der Waals surface area contributed by atoms with Gasteiger partial charge in [-0.1, -0.05) is 28.1 Å². The van der Waals surface area contributed by atoms with E-state index >= 15 is 0 Å². The molecule has 0 saturated heterocycles. The molecule has 13 heavy (non-hydrogen) atoms. The van der Waals surface area contributed by atoms with Crippen LogP contribution in [0, 0.1) is 25.2 Å². The molecule has 0 saturated carbocycles. The fraction of sp³-hybridized carbons (Fsp3) is 0.300. The predicted molar refractivity (Wildman–Crippen MR) is 54.2 cm³/mol. The molecule has 1 N–H and O–H groups in total. The highest BCUT2D eigenvalue weighted by Crippen LogP contribution is 2.25. The third kappa shape index (κ3) is 2.09. The summed E-state index contributed by atoms with van der Waals surface area (Å²) in [5.74, 6) is 0. The minimum Gasteiger partial charge on any atom is -0.374 e. The average Bonchev–Trinajstić information content (AvgIpc) is 2.12. The van der Waals surface area contributed by atoms with Crippen LogP contribution in [0.5, 0.6) is 0 Å². The van der Waals surface area contributed by atoms with Gasteiger partial charge in [0.05, 0.1) is 6.07 Å². The highest BCUT2D eigenvalue weighted by Gasteiger charge is 2.08. The highest BCUT2D eigenvalue weighted by molar-refractivity contribution is 9.10. The van der Waals surface area contributed by atoms with E-state index in [0.717, 1.165) is 15.6 Å². The summed E-state index contributed by atoms with van der Waals surface area (Å²) in [6, 6.07) is 5.42. The van der Waals surface area contributed by atoms with Crippen LogP contribution in [0.2, 0.25) is 0 Å². The Morgan fingerprint density at radius 2 is 1.85 bits per heavy atom. The number of aryl methyl sites for hydroxylation is 2. The SMILES string of the molecule is Cc1cc(C(O)C#N)cc(C)c1Br. The Morgan fingerprint density at radius 3 is 2.23 bits per heavy atom. The largest absolute Gasteiger partial charge is 0.374 e. The molecule has 0 fully saturated rings. The highest BCUT2D eigenvalue weighted by atomic mass is 79.9. The maximum atomic E-state index is 9.29. The Hall–Kier alpha value is -0.850. The molecule has 0 aliphatic heterocycles. The second kappa shape index (κ2) is 3.91. The third-order valence-electron chi connectivity index (χ3n) is 1.90. The van der Waals surface area contributed by atoms with E-state index in [9.17, 15) is 5.11 Å². The molecule has 0 aliphatic carbocycles. The first kappa shape index (κ1) is 10.2. The molecule has 2 nitrogen and oxygen atoms in total. The van der Waals surface area contributed by atoms with Crippen LogP contribution in [0.25, 0.3) is 0 Å². The minimum atomic E-state index is -1.02. The van der Waals surface area contributed by atoms with Crippen LogP contribution in [0.3, 0.4) is 0 Å². The monoisotopic (exact) mass is 239 g/mol. The Labute approximate surface area is 85.9 Å². The third-order valence-corrected chi connectivity index (χ3v) is 3.15. The quantitative estimate of drug-likeness (QED) is 0.767. The zero-order chi connectivity index (χ0) is 10.0. The Morgan fingerprint density at radius 1 is 1.38 bits per heavy atom.